The SMILES string of the molecule is CCCN(C1CC1)C(CN)c1cccc2ccccc12. The van der Waals surface area contributed by atoms with Gasteiger partial charge in [0.05, 0.1) is 0 Å². The van der Waals surface area contributed by atoms with Crippen LogP contribution in [-0.2, 0) is 0 Å². The third-order valence-corrected chi connectivity index (χ3v) is 4.30. The van der Waals surface area contributed by atoms with Gasteiger partial charge in [0.25, 0.3) is 0 Å². The van der Waals surface area contributed by atoms with Crippen molar-refractivity contribution in [1.29, 1.82) is 0 Å². The first-order valence-corrected chi connectivity index (χ1v) is 7.78. The van der Waals surface area contributed by atoms with Crippen molar-refractivity contribution in [3.63, 3.8) is 0 Å². The molecule has 0 aliphatic heterocycles. The van der Waals surface area contributed by atoms with Crippen LogP contribution in [0.5, 0.6) is 0 Å². The standard InChI is InChI=1S/C18H24N2/c1-2-12-20(15-10-11-15)18(13-19)17-9-5-7-14-6-3-4-8-16(14)17/h3-9,15,18H,2,10-13,19H2,1H3. The van der Waals surface area contributed by atoms with E-state index in [0.29, 0.717) is 12.6 Å². The highest BCUT2D eigenvalue weighted by Gasteiger charge is 2.33. The molecule has 2 heteroatoms. The molecule has 0 radical (unpaired) electrons. The number of benzene rings is 2. The molecule has 1 aliphatic rings. The van der Waals surface area contributed by atoms with Gasteiger partial charge in [-0.3, -0.25) is 4.90 Å². The Morgan fingerprint density at radius 2 is 1.90 bits per heavy atom. The lowest BCUT2D eigenvalue weighted by atomic mass is 9.97. The van der Waals surface area contributed by atoms with E-state index in [1.54, 1.807) is 0 Å². The summed E-state index contributed by atoms with van der Waals surface area (Å²) in [6, 6.07) is 16.4. The normalized spacial score (nSPS) is 16.8. The van der Waals surface area contributed by atoms with Gasteiger partial charge >= 0.3 is 0 Å². The molecule has 3 rings (SSSR count). The van der Waals surface area contributed by atoms with Crippen molar-refractivity contribution in [2.45, 2.75) is 38.3 Å². The van der Waals surface area contributed by atoms with Gasteiger partial charge in [0.15, 0.2) is 0 Å². The Labute approximate surface area is 121 Å². The lowest BCUT2D eigenvalue weighted by Gasteiger charge is -2.32. The summed E-state index contributed by atoms with van der Waals surface area (Å²) < 4.78 is 0. The minimum Gasteiger partial charge on any atom is -0.329 e. The van der Waals surface area contributed by atoms with Crippen molar-refractivity contribution in [2.24, 2.45) is 5.73 Å². The van der Waals surface area contributed by atoms with Gasteiger partial charge in [-0.25, -0.2) is 0 Å². The molecular formula is C18H24N2. The molecule has 0 heterocycles. The Bertz CT molecular complexity index is 569. The Hall–Kier alpha value is -1.38. The van der Waals surface area contributed by atoms with Crippen LogP contribution in [0.25, 0.3) is 10.8 Å². The van der Waals surface area contributed by atoms with Crippen LogP contribution in [0.4, 0.5) is 0 Å². The lowest BCUT2D eigenvalue weighted by molar-refractivity contribution is 0.192. The number of nitrogens with zero attached hydrogens (tertiary/aromatic N) is 1. The van der Waals surface area contributed by atoms with E-state index in [1.165, 1.54) is 35.6 Å². The van der Waals surface area contributed by atoms with Gasteiger partial charge < -0.3 is 5.73 Å². The average molecular weight is 268 g/mol. The van der Waals surface area contributed by atoms with Gasteiger partial charge in [-0.05, 0) is 42.1 Å². The molecule has 1 atom stereocenters. The largest absolute Gasteiger partial charge is 0.329 e. The fraction of sp³-hybridized carbons (Fsp3) is 0.444. The zero-order valence-electron chi connectivity index (χ0n) is 12.3. The van der Waals surface area contributed by atoms with E-state index in [-0.39, 0.29) is 0 Å². The van der Waals surface area contributed by atoms with Gasteiger partial charge in [0.1, 0.15) is 0 Å². The summed E-state index contributed by atoms with van der Waals surface area (Å²) in [5.41, 5.74) is 7.55. The molecule has 20 heavy (non-hydrogen) atoms. The van der Waals surface area contributed by atoms with Crippen molar-refractivity contribution in [2.75, 3.05) is 13.1 Å². The molecule has 0 saturated heterocycles. The summed E-state index contributed by atoms with van der Waals surface area (Å²) in [5.74, 6) is 0. The third kappa shape index (κ3) is 2.58. The van der Waals surface area contributed by atoms with Crippen molar-refractivity contribution in [3.05, 3.63) is 48.0 Å². The number of hydrogen-bond donors (Lipinski definition) is 1. The van der Waals surface area contributed by atoms with Crippen LogP contribution < -0.4 is 5.73 Å². The van der Waals surface area contributed by atoms with E-state index in [2.05, 4.69) is 54.3 Å². The van der Waals surface area contributed by atoms with Crippen molar-refractivity contribution < 1.29 is 0 Å². The second-order valence-corrected chi connectivity index (χ2v) is 5.79. The molecule has 1 unspecified atom stereocenters. The molecule has 0 bridgehead atoms. The van der Waals surface area contributed by atoms with E-state index in [4.69, 9.17) is 5.73 Å². The third-order valence-electron chi connectivity index (χ3n) is 4.30. The van der Waals surface area contributed by atoms with Gasteiger partial charge in [-0.15, -0.1) is 0 Å². The van der Waals surface area contributed by atoms with Gasteiger partial charge in [0, 0.05) is 18.6 Å². The molecule has 1 fully saturated rings. The van der Waals surface area contributed by atoms with E-state index in [9.17, 15) is 0 Å². The predicted octanol–water partition coefficient (Wildman–Crippen LogP) is 3.71. The minimum atomic E-state index is 0.355. The Kier molecular flexibility index (Phi) is 4.04. The number of fused-ring (bicyclic) bond motifs is 1. The minimum absolute atomic E-state index is 0.355. The second-order valence-electron chi connectivity index (χ2n) is 5.79. The molecule has 0 spiro atoms. The van der Waals surface area contributed by atoms with Gasteiger partial charge in [-0.2, -0.15) is 0 Å². The summed E-state index contributed by atoms with van der Waals surface area (Å²) in [5, 5.41) is 2.67. The zero-order chi connectivity index (χ0) is 13.9. The summed E-state index contributed by atoms with van der Waals surface area (Å²) in [6.07, 6.45) is 3.86. The van der Waals surface area contributed by atoms with Crippen LogP contribution >= 0.6 is 0 Å². The highest BCUT2D eigenvalue weighted by atomic mass is 15.2. The van der Waals surface area contributed by atoms with Gasteiger partial charge in [-0.1, -0.05) is 49.4 Å². The van der Waals surface area contributed by atoms with Crippen LogP contribution in [-0.4, -0.2) is 24.0 Å². The smallest absolute Gasteiger partial charge is 0.0479 e. The van der Waals surface area contributed by atoms with Crippen LogP contribution in [0.2, 0.25) is 0 Å². The topological polar surface area (TPSA) is 29.3 Å². The van der Waals surface area contributed by atoms with Crippen LogP contribution in [0.1, 0.15) is 37.8 Å². The fourth-order valence-corrected chi connectivity index (χ4v) is 3.24. The van der Waals surface area contributed by atoms with E-state index >= 15 is 0 Å². The molecule has 2 nitrogen and oxygen atoms in total. The molecule has 0 amide bonds. The molecule has 2 N–H and O–H groups in total. The molecule has 2 aromatic rings. The Morgan fingerprint density at radius 1 is 1.15 bits per heavy atom. The first-order chi connectivity index (χ1) is 9.85. The van der Waals surface area contributed by atoms with Crippen LogP contribution in [0, 0.1) is 0 Å². The highest BCUT2D eigenvalue weighted by molar-refractivity contribution is 5.86. The van der Waals surface area contributed by atoms with E-state index < -0.39 is 0 Å². The monoisotopic (exact) mass is 268 g/mol. The Balaban J connectivity index is 2.01. The molecule has 1 saturated carbocycles. The molecular weight excluding hydrogens is 244 g/mol. The maximum absolute atomic E-state index is 6.15. The first kappa shape index (κ1) is 13.6. The van der Waals surface area contributed by atoms with Crippen molar-refractivity contribution in [3.8, 4) is 0 Å². The number of hydrogen-bond acceptors (Lipinski definition) is 2. The Morgan fingerprint density at radius 3 is 2.60 bits per heavy atom. The maximum Gasteiger partial charge on any atom is 0.0479 e. The molecule has 106 valence electrons. The number of rotatable bonds is 6. The average Bonchev–Trinajstić information content (AvgIpc) is 3.32. The van der Waals surface area contributed by atoms with E-state index in [0.717, 1.165) is 12.6 Å². The maximum atomic E-state index is 6.15. The zero-order valence-corrected chi connectivity index (χ0v) is 12.3. The first-order valence-electron chi connectivity index (χ1n) is 7.78. The summed E-state index contributed by atoms with van der Waals surface area (Å²) in [4.78, 5) is 2.63. The highest BCUT2D eigenvalue weighted by Crippen LogP contribution is 2.36. The molecule has 1 aliphatic carbocycles. The van der Waals surface area contributed by atoms with Crippen LogP contribution in [0.15, 0.2) is 42.5 Å². The number of nitrogens with two attached hydrogens (primary N) is 1. The van der Waals surface area contributed by atoms with E-state index in [1.807, 2.05) is 0 Å². The van der Waals surface area contributed by atoms with Crippen molar-refractivity contribution >= 4 is 10.8 Å². The molecule has 0 aromatic heterocycles. The fourth-order valence-electron chi connectivity index (χ4n) is 3.24. The summed E-state index contributed by atoms with van der Waals surface area (Å²) >= 11 is 0. The summed E-state index contributed by atoms with van der Waals surface area (Å²) in [7, 11) is 0. The van der Waals surface area contributed by atoms with Crippen LogP contribution in [0.3, 0.4) is 0 Å². The lowest BCUT2D eigenvalue weighted by Crippen LogP contribution is -2.36. The summed E-state index contributed by atoms with van der Waals surface area (Å²) in [6.45, 7) is 4.10. The quantitative estimate of drug-likeness (QED) is 0.865. The van der Waals surface area contributed by atoms with Gasteiger partial charge in [0.2, 0.25) is 0 Å². The van der Waals surface area contributed by atoms with Crippen molar-refractivity contribution in [1.82, 2.24) is 4.90 Å². The molecule has 2 aromatic carbocycles. The predicted molar refractivity (Wildman–Crippen MR) is 85.8 cm³/mol. The second kappa shape index (κ2) is 5.94.